The summed E-state index contributed by atoms with van der Waals surface area (Å²) in [4.78, 5) is 25.7. The van der Waals surface area contributed by atoms with Crippen molar-refractivity contribution in [1.29, 1.82) is 0 Å². The molecular formula is C8H11NO5. The van der Waals surface area contributed by atoms with E-state index in [-0.39, 0.29) is 23.9 Å². The summed E-state index contributed by atoms with van der Waals surface area (Å²) in [5, 5.41) is 9.32. The third-order valence-electron chi connectivity index (χ3n) is 3.02. The van der Waals surface area contributed by atoms with Gasteiger partial charge in [0.05, 0.1) is 5.92 Å². The quantitative estimate of drug-likeness (QED) is 0.370. The van der Waals surface area contributed by atoms with Crippen molar-refractivity contribution in [1.82, 2.24) is 0 Å². The minimum absolute atomic E-state index is 0.0902. The monoisotopic (exact) mass is 201 g/mol. The van der Waals surface area contributed by atoms with Gasteiger partial charge in [0.1, 0.15) is 12.2 Å². The molecule has 0 spiro atoms. The molecule has 4 atom stereocenters. The Kier molecular flexibility index (Phi) is 2.05. The third kappa shape index (κ3) is 1.40. The lowest BCUT2D eigenvalue weighted by molar-refractivity contribution is -0.768. The fraction of sp³-hybridized carbons (Fsp3) is 0.875. The molecule has 1 aliphatic heterocycles. The van der Waals surface area contributed by atoms with Crippen LogP contribution in [-0.4, -0.2) is 23.3 Å². The van der Waals surface area contributed by atoms with E-state index in [1.807, 2.05) is 0 Å². The number of fused-ring (bicyclic) bond motifs is 1. The number of rotatable bonds is 2. The van der Waals surface area contributed by atoms with Crippen LogP contribution >= 0.6 is 0 Å². The van der Waals surface area contributed by atoms with Gasteiger partial charge >= 0.3 is 5.97 Å². The third-order valence-corrected chi connectivity index (χ3v) is 3.02. The predicted octanol–water partition coefficient (Wildman–Crippen LogP) is 0.535. The van der Waals surface area contributed by atoms with Gasteiger partial charge in [0.2, 0.25) is 0 Å². The van der Waals surface area contributed by atoms with Gasteiger partial charge in [-0.25, -0.2) is 0 Å². The molecular weight excluding hydrogens is 190 g/mol. The van der Waals surface area contributed by atoms with Gasteiger partial charge in [0.25, 0.3) is 5.09 Å². The molecule has 1 aliphatic carbocycles. The van der Waals surface area contributed by atoms with Crippen LogP contribution < -0.4 is 0 Å². The fourth-order valence-corrected chi connectivity index (χ4v) is 2.29. The van der Waals surface area contributed by atoms with Crippen molar-refractivity contribution in [2.24, 2.45) is 11.8 Å². The maximum atomic E-state index is 11.1. The van der Waals surface area contributed by atoms with Crippen molar-refractivity contribution in [2.75, 3.05) is 0 Å². The van der Waals surface area contributed by atoms with E-state index in [1.54, 1.807) is 6.92 Å². The second-order valence-electron chi connectivity index (χ2n) is 3.85. The smallest absolute Gasteiger partial charge is 0.309 e. The molecule has 1 saturated heterocycles. The van der Waals surface area contributed by atoms with Gasteiger partial charge in [0, 0.05) is 12.3 Å². The summed E-state index contributed by atoms with van der Waals surface area (Å²) in [5.41, 5.74) is 0. The van der Waals surface area contributed by atoms with E-state index in [9.17, 15) is 14.9 Å². The lowest BCUT2D eigenvalue weighted by atomic mass is 9.94. The Hall–Kier alpha value is -1.33. The van der Waals surface area contributed by atoms with Crippen LogP contribution in [0.25, 0.3) is 0 Å². The molecule has 1 heterocycles. The molecule has 6 heteroatoms. The Morgan fingerprint density at radius 3 is 2.86 bits per heavy atom. The maximum absolute atomic E-state index is 11.1. The van der Waals surface area contributed by atoms with Gasteiger partial charge in [-0.1, -0.05) is 6.92 Å². The summed E-state index contributed by atoms with van der Waals surface area (Å²) in [6.45, 7) is 1.79. The second kappa shape index (κ2) is 3.11. The van der Waals surface area contributed by atoms with Crippen LogP contribution in [0, 0.1) is 22.0 Å². The highest BCUT2D eigenvalue weighted by Gasteiger charge is 2.49. The minimum Gasteiger partial charge on any atom is -0.462 e. The summed E-state index contributed by atoms with van der Waals surface area (Å²) < 4.78 is 5.07. The average molecular weight is 201 g/mol. The van der Waals surface area contributed by atoms with Gasteiger partial charge in [-0.15, -0.1) is 10.1 Å². The lowest BCUT2D eigenvalue weighted by Crippen LogP contribution is -2.18. The number of hydrogen-bond donors (Lipinski definition) is 0. The molecule has 0 aromatic rings. The number of esters is 1. The molecule has 0 bridgehead atoms. The SMILES string of the molecule is C[C@H]1C(=O)O[C@@H]2C[C@H](O[N+](=O)[O-])C[C@@H]21. The zero-order valence-electron chi connectivity index (χ0n) is 7.71. The van der Waals surface area contributed by atoms with Crippen LogP contribution in [0.2, 0.25) is 0 Å². The molecule has 0 N–H and O–H groups in total. The Morgan fingerprint density at radius 2 is 2.29 bits per heavy atom. The molecule has 0 radical (unpaired) electrons. The normalized spacial score (nSPS) is 40.5. The number of ether oxygens (including phenoxy) is 1. The van der Waals surface area contributed by atoms with Crippen molar-refractivity contribution in [3.05, 3.63) is 10.1 Å². The van der Waals surface area contributed by atoms with E-state index in [2.05, 4.69) is 4.84 Å². The molecule has 14 heavy (non-hydrogen) atoms. The van der Waals surface area contributed by atoms with E-state index in [0.717, 1.165) is 0 Å². The lowest BCUT2D eigenvalue weighted by Gasteiger charge is -2.09. The van der Waals surface area contributed by atoms with Crippen LogP contribution in [0.1, 0.15) is 19.8 Å². The first-order chi connectivity index (χ1) is 6.58. The summed E-state index contributed by atoms with van der Waals surface area (Å²) in [6, 6.07) is 0. The number of hydrogen-bond acceptors (Lipinski definition) is 5. The van der Waals surface area contributed by atoms with E-state index >= 15 is 0 Å². The first-order valence-corrected chi connectivity index (χ1v) is 4.59. The van der Waals surface area contributed by atoms with Crippen LogP contribution in [0.5, 0.6) is 0 Å². The predicted molar refractivity (Wildman–Crippen MR) is 43.6 cm³/mol. The molecule has 0 amide bonds. The highest BCUT2D eigenvalue weighted by molar-refractivity contribution is 5.75. The molecule has 2 aliphatic rings. The van der Waals surface area contributed by atoms with E-state index in [4.69, 9.17) is 4.74 Å². The van der Waals surface area contributed by atoms with Gasteiger partial charge in [-0.05, 0) is 6.42 Å². The van der Waals surface area contributed by atoms with Crippen LogP contribution in [0.3, 0.4) is 0 Å². The van der Waals surface area contributed by atoms with Gasteiger partial charge in [0.15, 0.2) is 0 Å². The van der Waals surface area contributed by atoms with E-state index in [0.29, 0.717) is 12.8 Å². The summed E-state index contributed by atoms with van der Waals surface area (Å²) in [7, 11) is 0. The Balaban J connectivity index is 1.97. The number of carbonyl (C=O) groups excluding carboxylic acids is 1. The molecule has 0 aromatic heterocycles. The van der Waals surface area contributed by atoms with Gasteiger partial charge in [-0.3, -0.25) is 4.79 Å². The maximum Gasteiger partial charge on any atom is 0.309 e. The van der Waals surface area contributed by atoms with E-state index in [1.165, 1.54) is 0 Å². The summed E-state index contributed by atoms with van der Waals surface area (Å²) >= 11 is 0. The molecule has 1 saturated carbocycles. The number of carbonyl (C=O) groups is 1. The largest absolute Gasteiger partial charge is 0.462 e. The van der Waals surface area contributed by atoms with Crippen molar-refractivity contribution < 1.29 is 19.5 Å². The molecule has 0 unspecified atom stereocenters. The van der Waals surface area contributed by atoms with Crippen molar-refractivity contribution >= 4 is 5.97 Å². The molecule has 6 nitrogen and oxygen atoms in total. The topological polar surface area (TPSA) is 78.7 Å². The standard InChI is InChI=1S/C8H11NO5/c1-4-6-2-5(14-9(11)12)3-7(6)13-8(4)10/h4-7H,2-3H2,1H3/t4-,5-,6-,7-/m1/s1. The van der Waals surface area contributed by atoms with E-state index < -0.39 is 11.2 Å². The average Bonchev–Trinajstić information content (AvgIpc) is 2.54. The second-order valence-corrected chi connectivity index (χ2v) is 3.85. The Labute approximate surface area is 80.3 Å². The number of nitrogens with zero attached hydrogens (tertiary/aromatic N) is 1. The first-order valence-electron chi connectivity index (χ1n) is 4.59. The summed E-state index contributed by atoms with van der Waals surface area (Å²) in [5.74, 6) is -0.257. The zero-order valence-corrected chi connectivity index (χ0v) is 7.71. The zero-order chi connectivity index (χ0) is 10.3. The fourth-order valence-electron chi connectivity index (χ4n) is 2.29. The highest BCUT2D eigenvalue weighted by Crippen LogP contribution is 2.41. The summed E-state index contributed by atoms with van der Waals surface area (Å²) in [6.07, 6.45) is 0.401. The Bertz CT molecular complexity index is 279. The molecule has 2 rings (SSSR count). The Morgan fingerprint density at radius 1 is 1.57 bits per heavy atom. The van der Waals surface area contributed by atoms with Crippen molar-refractivity contribution in [2.45, 2.75) is 32.0 Å². The van der Waals surface area contributed by atoms with Gasteiger partial charge < -0.3 is 9.57 Å². The van der Waals surface area contributed by atoms with Crippen LogP contribution in [-0.2, 0) is 14.4 Å². The molecule has 78 valence electrons. The van der Waals surface area contributed by atoms with Gasteiger partial charge in [-0.2, -0.15) is 0 Å². The molecule has 0 aromatic carbocycles. The first kappa shape index (κ1) is 9.23. The minimum atomic E-state index is -0.780. The highest BCUT2D eigenvalue weighted by atomic mass is 17.0. The molecule has 2 fully saturated rings. The van der Waals surface area contributed by atoms with Crippen LogP contribution in [0.15, 0.2) is 0 Å². The van der Waals surface area contributed by atoms with Crippen LogP contribution in [0.4, 0.5) is 0 Å². The van der Waals surface area contributed by atoms with Crippen molar-refractivity contribution in [3.63, 3.8) is 0 Å². The van der Waals surface area contributed by atoms with Crippen molar-refractivity contribution in [3.8, 4) is 0 Å².